The average Bonchev–Trinajstić information content (AvgIpc) is 4.32. The van der Waals surface area contributed by atoms with Gasteiger partial charge in [-0.25, -0.2) is 14.7 Å². The lowest BCUT2D eigenvalue weighted by Crippen LogP contribution is -2.29. The monoisotopic (exact) mass is 1080 g/mol. The van der Waals surface area contributed by atoms with Crippen LogP contribution in [0, 0.1) is 13.8 Å². The maximum absolute atomic E-state index is 14.0. The molecule has 0 N–H and O–H groups in total. The Morgan fingerprint density at radius 2 is 0.646 bits per heavy atom. The molecule has 0 saturated heterocycles. The lowest BCUT2D eigenvalue weighted by molar-refractivity contribution is 0.0880. The van der Waals surface area contributed by atoms with Gasteiger partial charge >= 0.3 is 0 Å². The van der Waals surface area contributed by atoms with E-state index in [0.717, 1.165) is 25.8 Å². The first-order chi connectivity index (χ1) is 39.6. The van der Waals surface area contributed by atoms with Gasteiger partial charge < -0.3 is 9.47 Å². The van der Waals surface area contributed by atoms with Crippen molar-refractivity contribution in [1.82, 2.24) is 0 Å². The zero-order chi connectivity index (χ0) is 56.8. The summed E-state index contributed by atoms with van der Waals surface area (Å²) in [5.41, 5.74) is 4.37. The van der Waals surface area contributed by atoms with Crippen LogP contribution in [-0.2, 0) is 0 Å². The van der Waals surface area contributed by atoms with Gasteiger partial charge in [0.05, 0.1) is 50.4 Å². The van der Waals surface area contributed by atoms with E-state index in [2.05, 4.69) is 0 Å². The Morgan fingerprint density at radius 3 is 1.07 bits per heavy atom. The molecule has 0 fully saturated rings. The lowest BCUT2D eigenvalue weighted by atomic mass is 9.93. The highest BCUT2D eigenvalue weighted by atomic mass is 16.5. The second-order valence-electron chi connectivity index (χ2n) is 20.1. The van der Waals surface area contributed by atoms with Crippen LogP contribution in [0.4, 0.5) is 17.1 Å². The van der Waals surface area contributed by atoms with Crippen LogP contribution in [0.15, 0.2) is 194 Å². The minimum absolute atomic E-state index is 0.00145. The molecule has 13 rings (SSSR count). The summed E-state index contributed by atoms with van der Waals surface area (Å²) < 4.78 is 12.4. The molecule has 1 aliphatic carbocycles. The number of amides is 6. The third kappa shape index (κ3) is 8.30. The van der Waals surface area contributed by atoms with Crippen molar-refractivity contribution in [2.45, 2.75) is 19.8 Å². The summed E-state index contributed by atoms with van der Waals surface area (Å²) >= 11 is 0. The summed E-state index contributed by atoms with van der Waals surface area (Å²) in [5, 5.41) is 0. The van der Waals surface area contributed by atoms with E-state index in [-0.39, 0.29) is 95.4 Å². The van der Waals surface area contributed by atoms with Crippen molar-refractivity contribution in [3.8, 4) is 23.0 Å². The molecule has 15 nitrogen and oxygen atoms in total. The van der Waals surface area contributed by atoms with E-state index >= 15 is 0 Å². The van der Waals surface area contributed by atoms with Crippen LogP contribution < -0.4 is 24.2 Å². The van der Waals surface area contributed by atoms with Crippen molar-refractivity contribution in [1.29, 1.82) is 0 Å². The fourth-order valence-electron chi connectivity index (χ4n) is 10.9. The number of hydrogen-bond acceptors (Lipinski definition) is 12. The first-order valence-electron chi connectivity index (χ1n) is 25.8. The van der Waals surface area contributed by atoms with Crippen LogP contribution in [0.2, 0.25) is 0 Å². The molecule has 0 saturated carbocycles. The lowest BCUT2D eigenvalue weighted by Gasteiger charge is -2.16. The summed E-state index contributed by atoms with van der Waals surface area (Å²) in [5.74, 6) is -5.28. The van der Waals surface area contributed by atoms with E-state index in [1.807, 2.05) is 26.0 Å². The Hall–Kier alpha value is -11.3. The molecular weight excluding hydrogens is 1040 g/mol. The number of aryl methyl sites for hydroxylation is 2. The molecule has 3 aliphatic heterocycles. The van der Waals surface area contributed by atoms with Crippen LogP contribution >= 0.6 is 0 Å². The number of ketones is 4. The summed E-state index contributed by atoms with van der Waals surface area (Å²) in [6.45, 7) is 3.72. The minimum atomic E-state index is -1.01. The number of nitrogens with zero attached hydrogens (tertiary/aromatic N) is 3. The molecule has 82 heavy (non-hydrogen) atoms. The van der Waals surface area contributed by atoms with Crippen LogP contribution in [-0.4, -0.2) is 58.6 Å². The number of ether oxygens (including phenoxy) is 2. The molecule has 0 radical (unpaired) electrons. The van der Waals surface area contributed by atoms with Gasteiger partial charge in [-0.05, 0) is 122 Å². The number of hydrogen-bond donors (Lipinski definition) is 0. The summed E-state index contributed by atoms with van der Waals surface area (Å²) in [6, 6.07) is 50.3. The fourth-order valence-corrected chi connectivity index (χ4v) is 10.9. The highest BCUT2D eigenvalue weighted by molar-refractivity contribution is 6.37. The number of Topliss-reactive ketones (excluding diaryl/α,β-unsaturated/α-hetero) is 2. The summed E-state index contributed by atoms with van der Waals surface area (Å²) in [7, 11) is 0. The molecule has 0 aromatic heterocycles. The first kappa shape index (κ1) is 50.2. The molecule has 9 aromatic rings. The maximum Gasteiger partial charge on any atom is 0.266 e. The van der Waals surface area contributed by atoms with Crippen molar-refractivity contribution in [2.24, 2.45) is 0 Å². The number of carbonyl (C=O) groups excluding carboxylic acids is 10. The molecule has 0 bridgehead atoms. The van der Waals surface area contributed by atoms with Gasteiger partial charge in [-0.1, -0.05) is 84.4 Å². The summed E-state index contributed by atoms with van der Waals surface area (Å²) in [6.07, 6.45) is 0. The molecule has 15 heteroatoms. The minimum Gasteiger partial charge on any atom is -0.457 e. The smallest absolute Gasteiger partial charge is 0.266 e. The third-order valence-electron chi connectivity index (χ3n) is 14.8. The molecular formula is C67H39N3O12. The van der Waals surface area contributed by atoms with E-state index in [1.54, 1.807) is 97.1 Å². The fraction of sp³-hybridized carbons (Fsp3) is 0.0448. The molecule has 394 valence electrons. The first-order valence-corrected chi connectivity index (χ1v) is 25.8. The van der Waals surface area contributed by atoms with Crippen molar-refractivity contribution in [2.75, 3.05) is 14.7 Å². The van der Waals surface area contributed by atoms with Crippen LogP contribution in [0.25, 0.3) is 0 Å². The van der Waals surface area contributed by atoms with Gasteiger partial charge in [0.15, 0.2) is 23.1 Å². The topological polar surface area (TPSA) is 199 Å². The largest absolute Gasteiger partial charge is 0.457 e. The second kappa shape index (κ2) is 19.2. The van der Waals surface area contributed by atoms with Crippen molar-refractivity contribution >= 4 is 75.6 Å². The molecule has 4 aliphatic rings. The van der Waals surface area contributed by atoms with Gasteiger partial charge in [0.1, 0.15) is 28.9 Å². The van der Waals surface area contributed by atoms with Gasteiger partial charge in [-0.2, -0.15) is 0 Å². The number of benzene rings is 9. The predicted octanol–water partition coefficient (Wildman–Crippen LogP) is 11.9. The van der Waals surface area contributed by atoms with Crippen LogP contribution in [0.3, 0.4) is 0 Å². The maximum atomic E-state index is 14.0. The van der Waals surface area contributed by atoms with Gasteiger partial charge in [0.25, 0.3) is 35.4 Å². The van der Waals surface area contributed by atoms with E-state index in [0.29, 0.717) is 22.7 Å². The van der Waals surface area contributed by atoms with E-state index < -0.39 is 58.7 Å². The Kier molecular flexibility index (Phi) is 11.8. The number of imide groups is 3. The Morgan fingerprint density at radius 1 is 0.317 bits per heavy atom. The molecule has 1 atom stereocenters. The number of carbonyl (C=O) groups is 10. The van der Waals surface area contributed by atoms with E-state index in [1.165, 1.54) is 84.9 Å². The van der Waals surface area contributed by atoms with Gasteiger partial charge in [-0.3, -0.25) is 47.9 Å². The standard InChI is InChI=1S/C67H39N3O12/c1-35-8-3-10-37(26-35)57-60(73)49-22-18-38(28-53(49)61(57)74)58(71)39-19-24-51-55(29-39)66(79)69(63(51)76)43-12-5-14-45(32-43)81-47-16-7-17-48(34-47)82-46-15-6-13-44(33-46)70-64(77)52-25-21-41(31-56(52)67(70)80)59(72)40-20-23-50-54(30-40)65(78)68(62(50)75)42-11-4-9-36(2)27-42/h3-34,57H,1-2H3. The molecule has 9 aromatic carbocycles. The number of fused-ring (bicyclic) bond motifs is 4. The number of anilines is 3. The Bertz CT molecular complexity index is 4180. The highest BCUT2D eigenvalue weighted by Gasteiger charge is 2.42. The van der Waals surface area contributed by atoms with Crippen LogP contribution in [0.1, 0.15) is 137 Å². The third-order valence-corrected chi connectivity index (χ3v) is 14.8. The van der Waals surface area contributed by atoms with Crippen molar-refractivity contribution in [3.63, 3.8) is 0 Å². The predicted molar refractivity (Wildman–Crippen MR) is 299 cm³/mol. The quantitative estimate of drug-likeness (QED) is 0.0638. The second-order valence-corrected chi connectivity index (χ2v) is 20.1. The van der Waals surface area contributed by atoms with Gasteiger partial charge in [-0.15, -0.1) is 0 Å². The van der Waals surface area contributed by atoms with Crippen LogP contribution in [0.5, 0.6) is 23.0 Å². The Balaban J connectivity index is 0.673. The molecule has 6 amide bonds. The molecule has 0 spiro atoms. The zero-order valence-electron chi connectivity index (χ0n) is 43.3. The summed E-state index contributed by atoms with van der Waals surface area (Å²) in [4.78, 5) is 140. The average molecular weight is 1080 g/mol. The highest BCUT2D eigenvalue weighted by Crippen LogP contribution is 2.39. The number of rotatable bonds is 12. The Labute approximate surface area is 466 Å². The van der Waals surface area contributed by atoms with Gasteiger partial charge in [0.2, 0.25) is 0 Å². The van der Waals surface area contributed by atoms with Gasteiger partial charge in [0, 0.05) is 51.6 Å². The van der Waals surface area contributed by atoms with Crippen molar-refractivity contribution in [3.05, 3.63) is 278 Å². The SMILES string of the molecule is Cc1cccc(C2C(=O)c3ccc(C(=O)c4ccc5c(c4)C(=O)N(c4cccc(Oc6cccc(Oc7cccc(N8C(=O)c9ccc(C(=O)c%10ccc%11c(c%10)C(=O)N(c%10cccc(C)c%10)C%11=O)cc9C8=O)c7)c6)c4)C5=O)cc3C2=O)c1. The molecule has 3 heterocycles. The van der Waals surface area contributed by atoms with E-state index in [9.17, 15) is 47.9 Å². The molecule has 1 unspecified atom stereocenters. The zero-order valence-corrected chi connectivity index (χ0v) is 43.3. The normalized spacial score (nSPS) is 15.0. The van der Waals surface area contributed by atoms with Crippen molar-refractivity contribution < 1.29 is 57.4 Å². The van der Waals surface area contributed by atoms with E-state index in [4.69, 9.17) is 9.47 Å².